The van der Waals surface area contributed by atoms with Crippen LogP contribution in [0.2, 0.25) is 5.02 Å². The molecule has 1 saturated heterocycles. The Labute approximate surface area is 138 Å². The monoisotopic (exact) mass is 333 g/mol. The summed E-state index contributed by atoms with van der Waals surface area (Å²) < 4.78 is 10.9. The van der Waals surface area contributed by atoms with Crippen LogP contribution in [0.15, 0.2) is 36.7 Å². The van der Waals surface area contributed by atoms with E-state index >= 15 is 0 Å². The van der Waals surface area contributed by atoms with Gasteiger partial charge in [0.1, 0.15) is 11.1 Å². The third kappa shape index (κ3) is 4.18. The molecule has 7 heteroatoms. The topological polar surface area (TPSA) is 73.3 Å². The Kier molecular flexibility index (Phi) is 5.05. The van der Waals surface area contributed by atoms with E-state index in [4.69, 9.17) is 21.1 Å². The van der Waals surface area contributed by atoms with Gasteiger partial charge in [-0.3, -0.25) is 9.78 Å². The number of pyridine rings is 2. The fourth-order valence-corrected chi connectivity index (χ4v) is 2.39. The molecule has 1 aliphatic rings. The Morgan fingerprint density at radius 3 is 3.04 bits per heavy atom. The van der Waals surface area contributed by atoms with Crippen LogP contribution >= 0.6 is 11.6 Å². The lowest BCUT2D eigenvalue weighted by Gasteiger charge is -2.12. The van der Waals surface area contributed by atoms with Crippen LogP contribution in [0.3, 0.4) is 0 Å². The van der Waals surface area contributed by atoms with Crippen LogP contribution in [0.1, 0.15) is 22.5 Å². The maximum atomic E-state index is 12.1. The zero-order valence-electron chi connectivity index (χ0n) is 12.4. The Morgan fingerprint density at radius 2 is 2.35 bits per heavy atom. The number of hydrogen-bond donors (Lipinski definition) is 1. The van der Waals surface area contributed by atoms with Gasteiger partial charge in [-0.2, -0.15) is 0 Å². The molecule has 2 aromatic rings. The molecule has 6 nitrogen and oxygen atoms in total. The zero-order valence-corrected chi connectivity index (χ0v) is 13.1. The minimum Gasteiger partial charge on any atom is -0.471 e. The van der Waals surface area contributed by atoms with E-state index in [9.17, 15) is 4.79 Å². The van der Waals surface area contributed by atoms with Gasteiger partial charge in [-0.25, -0.2) is 4.98 Å². The number of amides is 1. The largest absolute Gasteiger partial charge is 0.471 e. The summed E-state index contributed by atoms with van der Waals surface area (Å²) in [6, 6.07) is 7.08. The highest BCUT2D eigenvalue weighted by Crippen LogP contribution is 2.25. The first-order valence-corrected chi connectivity index (χ1v) is 7.68. The van der Waals surface area contributed by atoms with E-state index in [2.05, 4.69) is 15.3 Å². The molecule has 2 aromatic heterocycles. The number of nitrogens with one attached hydrogen (secondary N) is 1. The average molecular weight is 334 g/mol. The van der Waals surface area contributed by atoms with Crippen LogP contribution < -0.4 is 10.1 Å². The zero-order chi connectivity index (χ0) is 16.1. The van der Waals surface area contributed by atoms with Gasteiger partial charge in [-0.05, 0) is 18.2 Å². The van der Waals surface area contributed by atoms with Crippen LogP contribution in [0, 0.1) is 0 Å². The number of nitrogens with zero attached hydrogens (tertiary/aromatic N) is 2. The van der Waals surface area contributed by atoms with Crippen molar-refractivity contribution in [3.8, 4) is 5.88 Å². The van der Waals surface area contributed by atoms with Crippen molar-refractivity contribution in [2.45, 2.75) is 19.1 Å². The molecule has 0 spiro atoms. The Hall–Kier alpha value is -2.18. The highest BCUT2D eigenvalue weighted by Gasteiger charge is 2.20. The fraction of sp³-hybridized carbons (Fsp3) is 0.312. The summed E-state index contributed by atoms with van der Waals surface area (Å²) in [6.45, 7) is 1.55. The number of aromatic nitrogens is 2. The molecule has 0 aromatic carbocycles. The number of rotatable bonds is 5. The predicted octanol–water partition coefficient (Wildman–Crippen LogP) is 2.23. The van der Waals surface area contributed by atoms with Crippen molar-refractivity contribution in [2.75, 3.05) is 13.2 Å². The molecule has 23 heavy (non-hydrogen) atoms. The molecular formula is C16H16ClN3O3. The summed E-state index contributed by atoms with van der Waals surface area (Å²) in [5, 5.41) is 3.08. The van der Waals surface area contributed by atoms with Crippen molar-refractivity contribution in [2.24, 2.45) is 0 Å². The molecule has 0 aliphatic carbocycles. The molecule has 0 bridgehead atoms. The third-order valence-corrected chi connectivity index (χ3v) is 3.66. The fourth-order valence-electron chi connectivity index (χ4n) is 2.18. The molecule has 1 atom stereocenters. The van der Waals surface area contributed by atoms with Crippen LogP contribution in [0.25, 0.3) is 0 Å². The molecule has 120 valence electrons. The van der Waals surface area contributed by atoms with E-state index in [1.165, 1.54) is 6.20 Å². The number of carbonyl (C=O) groups excluding carboxylic acids is 1. The minimum absolute atomic E-state index is 0.0381. The summed E-state index contributed by atoms with van der Waals surface area (Å²) in [6.07, 6.45) is 3.90. The minimum atomic E-state index is -0.263. The first-order chi connectivity index (χ1) is 11.2. The summed E-state index contributed by atoms with van der Waals surface area (Å²) in [5.41, 5.74) is 1.15. The molecular weight excluding hydrogens is 318 g/mol. The predicted molar refractivity (Wildman–Crippen MR) is 84.5 cm³/mol. The van der Waals surface area contributed by atoms with Gasteiger partial charge >= 0.3 is 0 Å². The maximum Gasteiger partial charge on any atom is 0.253 e. The first-order valence-electron chi connectivity index (χ1n) is 7.30. The van der Waals surface area contributed by atoms with Crippen molar-refractivity contribution in [3.05, 3.63) is 52.9 Å². The summed E-state index contributed by atoms with van der Waals surface area (Å²) >= 11 is 6.15. The Balaban J connectivity index is 1.61. The molecule has 1 N–H and O–H groups in total. The number of halogens is 1. The summed E-state index contributed by atoms with van der Waals surface area (Å²) in [4.78, 5) is 20.4. The van der Waals surface area contributed by atoms with E-state index in [1.54, 1.807) is 12.3 Å². The quantitative estimate of drug-likeness (QED) is 0.908. The highest BCUT2D eigenvalue weighted by molar-refractivity contribution is 6.32. The van der Waals surface area contributed by atoms with Gasteiger partial charge in [0.15, 0.2) is 0 Å². The summed E-state index contributed by atoms with van der Waals surface area (Å²) in [5.74, 6) is 0.0595. The second-order valence-corrected chi connectivity index (χ2v) is 5.53. The standard InChI is InChI=1S/C16H16ClN3O3/c17-14-7-11(8-20-16(14)23-13-4-6-22-10-13)15(21)19-9-12-3-1-2-5-18-12/h1-3,5,7-8,13H,4,6,9-10H2,(H,19,21)/t13-/m1/s1. The second kappa shape index (κ2) is 7.39. The van der Waals surface area contributed by atoms with Crippen LogP contribution in [0.5, 0.6) is 5.88 Å². The van der Waals surface area contributed by atoms with Gasteiger partial charge in [0.25, 0.3) is 5.91 Å². The van der Waals surface area contributed by atoms with Gasteiger partial charge in [-0.1, -0.05) is 17.7 Å². The van der Waals surface area contributed by atoms with Gasteiger partial charge in [0.2, 0.25) is 5.88 Å². The first kappa shape index (κ1) is 15.7. The van der Waals surface area contributed by atoms with Crippen LogP contribution in [-0.2, 0) is 11.3 Å². The van der Waals surface area contributed by atoms with Crippen molar-refractivity contribution in [1.29, 1.82) is 0 Å². The number of carbonyl (C=O) groups is 1. The van der Waals surface area contributed by atoms with Gasteiger partial charge in [0, 0.05) is 18.8 Å². The second-order valence-electron chi connectivity index (χ2n) is 5.12. The van der Waals surface area contributed by atoms with Gasteiger partial charge in [0.05, 0.1) is 31.0 Å². The lowest BCUT2D eigenvalue weighted by molar-refractivity contribution is 0.0949. The van der Waals surface area contributed by atoms with Crippen molar-refractivity contribution >= 4 is 17.5 Å². The lowest BCUT2D eigenvalue weighted by Crippen LogP contribution is -2.23. The van der Waals surface area contributed by atoms with E-state index < -0.39 is 0 Å². The molecule has 1 fully saturated rings. The Morgan fingerprint density at radius 1 is 1.43 bits per heavy atom. The van der Waals surface area contributed by atoms with Crippen LogP contribution in [-0.4, -0.2) is 35.2 Å². The molecule has 0 radical (unpaired) electrons. The van der Waals surface area contributed by atoms with Gasteiger partial charge < -0.3 is 14.8 Å². The van der Waals surface area contributed by atoms with E-state index in [0.29, 0.717) is 36.2 Å². The molecule has 3 rings (SSSR count). The smallest absolute Gasteiger partial charge is 0.253 e. The molecule has 3 heterocycles. The molecule has 0 saturated carbocycles. The maximum absolute atomic E-state index is 12.1. The molecule has 1 amide bonds. The van der Waals surface area contributed by atoms with E-state index in [1.807, 2.05) is 18.2 Å². The normalized spacial score (nSPS) is 17.0. The Bertz CT molecular complexity index is 676. The van der Waals surface area contributed by atoms with Crippen molar-refractivity contribution in [1.82, 2.24) is 15.3 Å². The lowest BCUT2D eigenvalue weighted by atomic mass is 10.2. The van der Waals surface area contributed by atoms with Crippen LogP contribution in [0.4, 0.5) is 0 Å². The third-order valence-electron chi connectivity index (χ3n) is 3.39. The number of hydrogen-bond acceptors (Lipinski definition) is 5. The molecule has 0 unspecified atom stereocenters. The van der Waals surface area contributed by atoms with Crippen molar-refractivity contribution in [3.63, 3.8) is 0 Å². The van der Waals surface area contributed by atoms with Gasteiger partial charge in [-0.15, -0.1) is 0 Å². The van der Waals surface area contributed by atoms with E-state index in [0.717, 1.165) is 12.1 Å². The average Bonchev–Trinajstić information content (AvgIpc) is 3.08. The van der Waals surface area contributed by atoms with Crippen molar-refractivity contribution < 1.29 is 14.3 Å². The highest BCUT2D eigenvalue weighted by atomic mass is 35.5. The number of ether oxygens (including phenoxy) is 2. The molecule has 1 aliphatic heterocycles. The van der Waals surface area contributed by atoms with E-state index in [-0.39, 0.29) is 12.0 Å². The summed E-state index contributed by atoms with van der Waals surface area (Å²) in [7, 11) is 0. The SMILES string of the molecule is O=C(NCc1ccccn1)c1cnc(O[C@@H]2CCOC2)c(Cl)c1.